The van der Waals surface area contributed by atoms with E-state index in [-0.39, 0.29) is 18.0 Å². The number of nitrogen functional groups attached to an aromatic ring is 1. The lowest BCUT2D eigenvalue weighted by Crippen LogP contribution is -2.53. The van der Waals surface area contributed by atoms with E-state index < -0.39 is 0 Å². The molecule has 3 rings (SSSR count). The SMILES string of the molecule is CC(C)NC(=O)N1CCN(c2ccc(N)cc2C(=O)N2CCCCC2)CC1. The molecule has 2 fully saturated rings. The molecule has 148 valence electrons. The van der Waals surface area contributed by atoms with Crippen LogP contribution in [0.15, 0.2) is 18.2 Å². The Bertz CT molecular complexity index is 677. The first-order valence-corrected chi connectivity index (χ1v) is 9.95. The van der Waals surface area contributed by atoms with E-state index in [9.17, 15) is 9.59 Å². The third-order valence-corrected chi connectivity index (χ3v) is 5.21. The average molecular weight is 374 g/mol. The van der Waals surface area contributed by atoms with Gasteiger partial charge in [0.05, 0.1) is 5.56 Å². The summed E-state index contributed by atoms with van der Waals surface area (Å²) in [4.78, 5) is 31.2. The lowest BCUT2D eigenvalue weighted by atomic mass is 10.1. The van der Waals surface area contributed by atoms with Gasteiger partial charge in [-0.25, -0.2) is 4.79 Å². The number of carbonyl (C=O) groups excluding carboxylic acids is 2. The number of rotatable bonds is 3. The summed E-state index contributed by atoms with van der Waals surface area (Å²) in [7, 11) is 0. The van der Waals surface area contributed by atoms with Crippen molar-refractivity contribution in [3.05, 3.63) is 23.8 Å². The minimum atomic E-state index is -0.0217. The lowest BCUT2D eigenvalue weighted by Gasteiger charge is -2.37. The zero-order chi connectivity index (χ0) is 19.4. The van der Waals surface area contributed by atoms with E-state index in [1.807, 2.05) is 35.8 Å². The number of piperazine rings is 1. The molecule has 2 heterocycles. The Morgan fingerprint density at radius 1 is 0.963 bits per heavy atom. The van der Waals surface area contributed by atoms with Gasteiger partial charge in [0.25, 0.3) is 5.91 Å². The van der Waals surface area contributed by atoms with Crippen molar-refractivity contribution in [2.75, 3.05) is 49.9 Å². The predicted molar refractivity (Wildman–Crippen MR) is 108 cm³/mol. The summed E-state index contributed by atoms with van der Waals surface area (Å²) < 4.78 is 0. The van der Waals surface area contributed by atoms with Gasteiger partial charge in [-0.05, 0) is 51.3 Å². The number of hydrogen-bond donors (Lipinski definition) is 2. The van der Waals surface area contributed by atoms with E-state index in [1.165, 1.54) is 6.42 Å². The zero-order valence-electron chi connectivity index (χ0n) is 16.4. The molecule has 3 N–H and O–H groups in total. The third-order valence-electron chi connectivity index (χ3n) is 5.21. The first-order chi connectivity index (χ1) is 13.0. The number of likely N-dealkylation sites (tertiary alicyclic amines) is 1. The molecule has 3 amide bonds. The van der Waals surface area contributed by atoms with Gasteiger partial charge in [-0.15, -0.1) is 0 Å². The summed E-state index contributed by atoms with van der Waals surface area (Å²) in [5.74, 6) is 0.0666. The van der Waals surface area contributed by atoms with Gasteiger partial charge >= 0.3 is 6.03 Å². The van der Waals surface area contributed by atoms with Crippen LogP contribution in [0.4, 0.5) is 16.2 Å². The highest BCUT2D eigenvalue weighted by Gasteiger charge is 2.26. The van der Waals surface area contributed by atoms with Crippen LogP contribution in [0.3, 0.4) is 0 Å². The average Bonchev–Trinajstić information content (AvgIpc) is 2.67. The second-order valence-electron chi connectivity index (χ2n) is 7.71. The molecule has 0 spiro atoms. The number of piperidine rings is 1. The fourth-order valence-corrected chi connectivity index (χ4v) is 3.76. The van der Waals surface area contributed by atoms with Crippen LogP contribution in [0.1, 0.15) is 43.5 Å². The summed E-state index contributed by atoms with van der Waals surface area (Å²) in [5.41, 5.74) is 8.19. The highest BCUT2D eigenvalue weighted by Crippen LogP contribution is 2.27. The number of carbonyl (C=O) groups is 2. The van der Waals surface area contributed by atoms with Crippen LogP contribution in [0.25, 0.3) is 0 Å². The maximum absolute atomic E-state index is 13.1. The van der Waals surface area contributed by atoms with Crippen LogP contribution in [-0.2, 0) is 0 Å². The molecule has 7 heteroatoms. The summed E-state index contributed by atoms with van der Waals surface area (Å²) >= 11 is 0. The molecule has 0 bridgehead atoms. The van der Waals surface area contributed by atoms with Gasteiger partial charge in [0.2, 0.25) is 0 Å². The molecule has 0 aromatic heterocycles. The fourth-order valence-electron chi connectivity index (χ4n) is 3.76. The Morgan fingerprint density at radius 3 is 2.26 bits per heavy atom. The largest absolute Gasteiger partial charge is 0.399 e. The van der Waals surface area contributed by atoms with Gasteiger partial charge in [-0.3, -0.25) is 4.79 Å². The number of benzene rings is 1. The molecular weight excluding hydrogens is 342 g/mol. The molecule has 2 aliphatic rings. The highest BCUT2D eigenvalue weighted by molar-refractivity contribution is 6.00. The van der Waals surface area contributed by atoms with E-state index in [0.29, 0.717) is 37.4 Å². The Hall–Kier alpha value is -2.44. The van der Waals surface area contributed by atoms with Crippen LogP contribution in [-0.4, -0.2) is 67.0 Å². The van der Waals surface area contributed by atoms with Gasteiger partial charge in [-0.1, -0.05) is 0 Å². The van der Waals surface area contributed by atoms with E-state index in [1.54, 1.807) is 6.07 Å². The second kappa shape index (κ2) is 8.50. The first-order valence-electron chi connectivity index (χ1n) is 9.95. The van der Waals surface area contributed by atoms with Gasteiger partial charge in [0.15, 0.2) is 0 Å². The highest BCUT2D eigenvalue weighted by atomic mass is 16.2. The summed E-state index contributed by atoms with van der Waals surface area (Å²) in [5, 5.41) is 2.94. The van der Waals surface area contributed by atoms with Crippen LogP contribution in [0.5, 0.6) is 0 Å². The maximum Gasteiger partial charge on any atom is 0.317 e. The Labute approximate surface area is 161 Å². The lowest BCUT2D eigenvalue weighted by molar-refractivity contribution is 0.0724. The number of amides is 3. The van der Waals surface area contributed by atoms with Crippen molar-refractivity contribution < 1.29 is 9.59 Å². The predicted octanol–water partition coefficient (Wildman–Crippen LogP) is 2.13. The van der Waals surface area contributed by atoms with Crippen LogP contribution >= 0.6 is 0 Å². The first kappa shape index (κ1) is 19.3. The van der Waals surface area contributed by atoms with Crippen molar-refractivity contribution in [2.24, 2.45) is 0 Å². The van der Waals surface area contributed by atoms with Crippen LogP contribution < -0.4 is 16.0 Å². The zero-order valence-corrected chi connectivity index (χ0v) is 16.4. The van der Waals surface area contributed by atoms with Crippen LogP contribution in [0.2, 0.25) is 0 Å². The van der Waals surface area contributed by atoms with Crippen molar-refractivity contribution in [3.8, 4) is 0 Å². The van der Waals surface area contributed by atoms with Crippen LogP contribution in [0, 0.1) is 0 Å². The van der Waals surface area contributed by atoms with E-state index in [2.05, 4.69) is 10.2 Å². The number of nitrogens with one attached hydrogen (secondary N) is 1. The molecule has 0 atom stereocenters. The standard InChI is InChI=1S/C20H31N5O2/c1-15(2)22-20(27)25-12-10-23(11-13-25)18-7-6-16(21)14-17(18)19(26)24-8-4-3-5-9-24/h6-7,14-15H,3-5,8-13,21H2,1-2H3,(H,22,27). The van der Waals surface area contributed by atoms with Crippen molar-refractivity contribution >= 4 is 23.3 Å². The van der Waals surface area contributed by atoms with Crippen molar-refractivity contribution in [3.63, 3.8) is 0 Å². The minimum Gasteiger partial charge on any atom is -0.399 e. The number of nitrogens with two attached hydrogens (primary N) is 1. The Kier molecular flexibility index (Phi) is 6.08. The molecule has 0 saturated carbocycles. The van der Waals surface area contributed by atoms with Crippen molar-refractivity contribution in [1.29, 1.82) is 0 Å². The summed E-state index contributed by atoms with van der Waals surface area (Å²) in [6.07, 6.45) is 3.31. The van der Waals surface area contributed by atoms with E-state index in [4.69, 9.17) is 5.73 Å². The second-order valence-corrected chi connectivity index (χ2v) is 7.71. The normalized spacial score (nSPS) is 18.0. The third kappa shape index (κ3) is 4.64. The molecule has 1 aromatic carbocycles. The molecule has 0 unspecified atom stereocenters. The molecule has 2 aliphatic heterocycles. The van der Waals surface area contributed by atoms with E-state index in [0.717, 1.165) is 31.6 Å². The monoisotopic (exact) mass is 373 g/mol. The smallest absolute Gasteiger partial charge is 0.317 e. The fraction of sp³-hybridized carbons (Fsp3) is 0.600. The molecular formula is C20H31N5O2. The summed E-state index contributed by atoms with van der Waals surface area (Å²) in [6, 6.07) is 5.69. The number of anilines is 2. The summed E-state index contributed by atoms with van der Waals surface area (Å²) in [6.45, 7) is 8.24. The molecule has 0 radical (unpaired) electrons. The number of nitrogens with zero attached hydrogens (tertiary/aromatic N) is 3. The van der Waals surface area contributed by atoms with Gasteiger partial charge in [0.1, 0.15) is 0 Å². The van der Waals surface area contributed by atoms with Crippen molar-refractivity contribution in [1.82, 2.24) is 15.1 Å². The molecule has 27 heavy (non-hydrogen) atoms. The number of urea groups is 1. The molecule has 0 aliphatic carbocycles. The molecule has 2 saturated heterocycles. The Balaban J connectivity index is 1.72. The number of hydrogen-bond acceptors (Lipinski definition) is 4. The van der Waals surface area contributed by atoms with Gasteiger partial charge < -0.3 is 25.8 Å². The quantitative estimate of drug-likeness (QED) is 0.796. The maximum atomic E-state index is 13.1. The topological polar surface area (TPSA) is 81.9 Å². The van der Waals surface area contributed by atoms with E-state index >= 15 is 0 Å². The van der Waals surface area contributed by atoms with Gasteiger partial charge in [-0.2, -0.15) is 0 Å². The molecule has 7 nitrogen and oxygen atoms in total. The molecule has 1 aromatic rings. The Morgan fingerprint density at radius 2 is 1.63 bits per heavy atom. The minimum absolute atomic E-state index is 0.0217. The van der Waals surface area contributed by atoms with Gasteiger partial charge in [0, 0.05) is 56.7 Å². The van der Waals surface area contributed by atoms with Crippen molar-refractivity contribution in [2.45, 2.75) is 39.2 Å².